The van der Waals surface area contributed by atoms with Crippen molar-refractivity contribution in [1.82, 2.24) is 10.3 Å². The fourth-order valence-electron chi connectivity index (χ4n) is 1.83. The van der Waals surface area contributed by atoms with Crippen LogP contribution in [0.25, 0.3) is 11.5 Å². The number of hydrogen-bond acceptors (Lipinski definition) is 4. The Balaban J connectivity index is 2.07. The molecule has 7 heteroatoms. The van der Waals surface area contributed by atoms with Crippen LogP contribution < -0.4 is 10.6 Å². The SMILES string of the molecule is Cc1coc(-c2ccc(C)c(NC(=O)NCCC(=O)O)c2)n1. The fraction of sp³-hybridized carbons (Fsp3) is 0.267. The first-order valence-corrected chi connectivity index (χ1v) is 6.75. The molecular weight excluding hydrogens is 286 g/mol. The topological polar surface area (TPSA) is 104 Å². The number of amides is 2. The first-order valence-electron chi connectivity index (χ1n) is 6.75. The smallest absolute Gasteiger partial charge is 0.319 e. The van der Waals surface area contributed by atoms with Gasteiger partial charge < -0.3 is 20.2 Å². The highest BCUT2D eigenvalue weighted by Gasteiger charge is 2.10. The maximum absolute atomic E-state index is 11.7. The molecule has 0 aliphatic carbocycles. The molecule has 1 heterocycles. The van der Waals surface area contributed by atoms with Gasteiger partial charge in [-0.15, -0.1) is 0 Å². The Morgan fingerprint density at radius 1 is 1.32 bits per heavy atom. The zero-order valence-electron chi connectivity index (χ0n) is 12.3. The van der Waals surface area contributed by atoms with Gasteiger partial charge in [0, 0.05) is 17.8 Å². The van der Waals surface area contributed by atoms with Gasteiger partial charge >= 0.3 is 12.0 Å². The zero-order valence-corrected chi connectivity index (χ0v) is 12.3. The molecule has 2 rings (SSSR count). The van der Waals surface area contributed by atoms with E-state index in [4.69, 9.17) is 9.52 Å². The summed E-state index contributed by atoms with van der Waals surface area (Å²) in [6.45, 7) is 3.76. The zero-order chi connectivity index (χ0) is 16.1. The Labute approximate surface area is 127 Å². The number of carbonyl (C=O) groups is 2. The number of hydrogen-bond donors (Lipinski definition) is 3. The molecule has 0 saturated carbocycles. The van der Waals surface area contributed by atoms with E-state index in [0.717, 1.165) is 16.8 Å². The second-order valence-electron chi connectivity index (χ2n) is 4.85. The normalized spacial score (nSPS) is 10.3. The van der Waals surface area contributed by atoms with Crippen molar-refractivity contribution in [2.24, 2.45) is 0 Å². The third-order valence-corrected chi connectivity index (χ3v) is 2.98. The number of nitrogens with zero attached hydrogens (tertiary/aromatic N) is 1. The van der Waals surface area contributed by atoms with Crippen molar-refractivity contribution in [2.45, 2.75) is 20.3 Å². The number of urea groups is 1. The number of benzene rings is 1. The standard InChI is InChI=1S/C15H17N3O4/c1-9-3-4-11(14-17-10(2)8-22-14)7-12(9)18-15(21)16-6-5-13(19)20/h3-4,7-8H,5-6H2,1-2H3,(H,19,20)(H2,16,18,21). The second-order valence-corrected chi connectivity index (χ2v) is 4.85. The van der Waals surface area contributed by atoms with E-state index in [1.165, 1.54) is 0 Å². The predicted octanol–water partition coefficient (Wildman–Crippen LogP) is 2.55. The molecular formula is C15H17N3O4. The molecule has 0 aliphatic heterocycles. The summed E-state index contributed by atoms with van der Waals surface area (Å²) >= 11 is 0. The molecule has 0 spiro atoms. The summed E-state index contributed by atoms with van der Waals surface area (Å²) in [5, 5.41) is 13.7. The first kappa shape index (κ1) is 15.6. The van der Waals surface area contributed by atoms with Crippen LogP contribution in [0.4, 0.5) is 10.5 Å². The van der Waals surface area contributed by atoms with Crippen LogP contribution in [0.15, 0.2) is 28.9 Å². The van der Waals surface area contributed by atoms with Crippen molar-refractivity contribution in [3.05, 3.63) is 35.7 Å². The van der Waals surface area contributed by atoms with Gasteiger partial charge in [-0.2, -0.15) is 0 Å². The van der Waals surface area contributed by atoms with Gasteiger partial charge in [0.25, 0.3) is 0 Å². The Morgan fingerprint density at radius 3 is 2.73 bits per heavy atom. The van der Waals surface area contributed by atoms with Crippen LogP contribution in [0.2, 0.25) is 0 Å². The Bertz CT molecular complexity index is 694. The number of oxazole rings is 1. The number of nitrogens with one attached hydrogen (secondary N) is 2. The van der Waals surface area contributed by atoms with Crippen molar-refractivity contribution >= 4 is 17.7 Å². The van der Waals surface area contributed by atoms with E-state index < -0.39 is 12.0 Å². The van der Waals surface area contributed by atoms with Gasteiger partial charge in [-0.1, -0.05) is 6.07 Å². The minimum absolute atomic E-state index is 0.0683. The molecule has 0 bridgehead atoms. The molecule has 2 aromatic rings. The lowest BCUT2D eigenvalue weighted by atomic mass is 10.1. The average molecular weight is 303 g/mol. The summed E-state index contributed by atoms with van der Waals surface area (Å²) in [6.07, 6.45) is 1.43. The van der Waals surface area contributed by atoms with E-state index in [2.05, 4.69) is 15.6 Å². The molecule has 1 aromatic heterocycles. The number of aromatic nitrogens is 1. The third-order valence-electron chi connectivity index (χ3n) is 2.98. The highest BCUT2D eigenvalue weighted by Crippen LogP contribution is 2.24. The minimum Gasteiger partial charge on any atom is -0.481 e. The number of aryl methyl sites for hydroxylation is 2. The van der Waals surface area contributed by atoms with Gasteiger partial charge in [0.1, 0.15) is 6.26 Å². The largest absolute Gasteiger partial charge is 0.481 e. The minimum atomic E-state index is -0.960. The van der Waals surface area contributed by atoms with Gasteiger partial charge in [-0.3, -0.25) is 4.79 Å². The lowest BCUT2D eigenvalue weighted by molar-refractivity contribution is -0.136. The van der Waals surface area contributed by atoms with Crippen LogP contribution in [0.5, 0.6) is 0 Å². The Hall–Kier alpha value is -2.83. The van der Waals surface area contributed by atoms with Gasteiger partial charge in [0.2, 0.25) is 5.89 Å². The van der Waals surface area contributed by atoms with Crippen LogP contribution in [-0.4, -0.2) is 28.6 Å². The van der Waals surface area contributed by atoms with Gasteiger partial charge in [-0.25, -0.2) is 9.78 Å². The molecule has 0 radical (unpaired) electrons. The molecule has 0 fully saturated rings. The summed E-state index contributed by atoms with van der Waals surface area (Å²) in [4.78, 5) is 26.4. The van der Waals surface area contributed by atoms with E-state index in [-0.39, 0.29) is 13.0 Å². The molecule has 3 N–H and O–H groups in total. The summed E-state index contributed by atoms with van der Waals surface area (Å²) in [7, 11) is 0. The maximum Gasteiger partial charge on any atom is 0.319 e. The Morgan fingerprint density at radius 2 is 2.09 bits per heavy atom. The maximum atomic E-state index is 11.7. The van der Waals surface area contributed by atoms with E-state index in [1.807, 2.05) is 26.0 Å². The molecule has 0 atom stereocenters. The number of aliphatic carboxylic acids is 1. The summed E-state index contributed by atoms with van der Waals surface area (Å²) in [5.41, 5.74) is 3.01. The van der Waals surface area contributed by atoms with Crippen molar-refractivity contribution < 1.29 is 19.1 Å². The van der Waals surface area contributed by atoms with Crippen LogP contribution in [0.1, 0.15) is 17.7 Å². The molecule has 7 nitrogen and oxygen atoms in total. The average Bonchev–Trinajstić information content (AvgIpc) is 2.87. The molecule has 2 amide bonds. The first-order chi connectivity index (χ1) is 10.5. The monoisotopic (exact) mass is 303 g/mol. The third kappa shape index (κ3) is 4.08. The highest BCUT2D eigenvalue weighted by molar-refractivity contribution is 5.91. The highest BCUT2D eigenvalue weighted by atomic mass is 16.4. The molecule has 22 heavy (non-hydrogen) atoms. The second kappa shape index (κ2) is 6.75. The predicted molar refractivity (Wildman–Crippen MR) is 80.7 cm³/mol. The van der Waals surface area contributed by atoms with Crippen LogP contribution in [0.3, 0.4) is 0 Å². The molecule has 116 valence electrons. The lowest BCUT2D eigenvalue weighted by Crippen LogP contribution is -2.30. The summed E-state index contributed by atoms with van der Waals surface area (Å²) in [6, 6.07) is 5.01. The summed E-state index contributed by atoms with van der Waals surface area (Å²) in [5.74, 6) is -0.482. The molecule has 0 aliphatic rings. The fourth-order valence-corrected chi connectivity index (χ4v) is 1.83. The molecule has 0 saturated heterocycles. The molecule has 0 unspecified atom stereocenters. The number of carboxylic acids is 1. The summed E-state index contributed by atoms with van der Waals surface area (Å²) < 4.78 is 5.34. The van der Waals surface area contributed by atoms with Gasteiger partial charge in [0.05, 0.1) is 12.1 Å². The van der Waals surface area contributed by atoms with E-state index in [9.17, 15) is 9.59 Å². The van der Waals surface area contributed by atoms with Crippen molar-refractivity contribution in [3.8, 4) is 11.5 Å². The van der Waals surface area contributed by atoms with E-state index in [1.54, 1.807) is 12.3 Å². The van der Waals surface area contributed by atoms with Gasteiger partial charge in [0.15, 0.2) is 0 Å². The number of rotatable bonds is 5. The van der Waals surface area contributed by atoms with Crippen LogP contribution in [-0.2, 0) is 4.79 Å². The van der Waals surface area contributed by atoms with Crippen LogP contribution in [0, 0.1) is 13.8 Å². The van der Waals surface area contributed by atoms with E-state index in [0.29, 0.717) is 11.6 Å². The van der Waals surface area contributed by atoms with E-state index >= 15 is 0 Å². The Kier molecular flexibility index (Phi) is 4.77. The quantitative estimate of drug-likeness (QED) is 0.787. The number of carboxylic acid groups (broad SMARTS) is 1. The van der Waals surface area contributed by atoms with Crippen molar-refractivity contribution in [1.29, 1.82) is 0 Å². The van der Waals surface area contributed by atoms with Gasteiger partial charge in [-0.05, 0) is 31.5 Å². The van der Waals surface area contributed by atoms with Crippen molar-refractivity contribution in [2.75, 3.05) is 11.9 Å². The van der Waals surface area contributed by atoms with Crippen molar-refractivity contribution in [3.63, 3.8) is 0 Å². The lowest BCUT2D eigenvalue weighted by Gasteiger charge is -2.10. The number of carbonyl (C=O) groups excluding carboxylic acids is 1. The number of anilines is 1. The van der Waals surface area contributed by atoms with Crippen LogP contribution >= 0.6 is 0 Å². The molecule has 1 aromatic carbocycles.